The molecule has 0 radical (unpaired) electrons. The van der Waals surface area contributed by atoms with Gasteiger partial charge in [0.25, 0.3) is 0 Å². The Labute approximate surface area is 291 Å². The van der Waals surface area contributed by atoms with Crippen LogP contribution in [-0.2, 0) is 18.7 Å². The van der Waals surface area contributed by atoms with Crippen molar-refractivity contribution >= 4 is 26.5 Å². The van der Waals surface area contributed by atoms with E-state index in [1.165, 1.54) is 0 Å². The Morgan fingerprint density at radius 2 is 1.55 bits per heavy atom. The zero-order chi connectivity index (χ0) is 35.9. The highest BCUT2D eigenvalue weighted by molar-refractivity contribution is 7.92. The third-order valence-electron chi connectivity index (χ3n) is 12.0. The Morgan fingerprint density at radius 3 is 2.09 bits per heavy atom. The van der Waals surface area contributed by atoms with Crippen LogP contribution in [0.15, 0.2) is 35.2 Å². The molecule has 2 fully saturated rings. The smallest absolute Gasteiger partial charge is 0.192 e. The molecule has 2 aliphatic carbocycles. The average molecular weight is 711 g/mol. The third-order valence-corrected chi connectivity index (χ3v) is 20.0. The fourth-order valence-corrected chi connectivity index (χ4v) is 13.9. The number of aliphatic hydroxyl groups is 2. The van der Waals surface area contributed by atoms with Gasteiger partial charge in [-0.3, -0.25) is 0 Å². The van der Waals surface area contributed by atoms with Gasteiger partial charge in [0.1, 0.15) is 0 Å². The van der Waals surface area contributed by atoms with Crippen LogP contribution in [0.2, 0.25) is 37.8 Å². The van der Waals surface area contributed by atoms with Crippen LogP contribution in [0.3, 0.4) is 0 Å². The topological polar surface area (TPSA) is 93.1 Å². The number of rotatable bonds is 15. The summed E-state index contributed by atoms with van der Waals surface area (Å²) in [5.41, 5.74) is -1.79. The molecule has 1 aromatic rings. The van der Waals surface area contributed by atoms with Crippen molar-refractivity contribution in [3.63, 3.8) is 0 Å². The van der Waals surface area contributed by atoms with E-state index in [9.17, 15) is 18.6 Å². The molecule has 2 saturated carbocycles. The van der Waals surface area contributed by atoms with E-state index in [-0.39, 0.29) is 40.4 Å². The molecule has 0 aromatic heterocycles. The van der Waals surface area contributed by atoms with Crippen LogP contribution < -0.4 is 0 Å². The zero-order valence-corrected chi connectivity index (χ0v) is 35.0. The Bertz CT molecular complexity index is 1260. The first-order chi connectivity index (χ1) is 21.2. The summed E-state index contributed by atoms with van der Waals surface area (Å²) in [6.45, 7) is 28.1. The van der Waals surface area contributed by atoms with Crippen molar-refractivity contribution in [2.75, 3.05) is 0 Å². The van der Waals surface area contributed by atoms with E-state index in [4.69, 9.17) is 8.85 Å². The Balaban J connectivity index is 2.09. The number of hydrogen-bond acceptors (Lipinski definition) is 6. The number of sulfone groups is 1. The summed E-state index contributed by atoms with van der Waals surface area (Å²) in [6.07, 6.45) is 6.62. The molecule has 0 unspecified atom stereocenters. The second-order valence-electron chi connectivity index (χ2n) is 18.9. The quantitative estimate of drug-likeness (QED) is 0.176. The molecular formula is C38H70O6SSi2. The van der Waals surface area contributed by atoms with Gasteiger partial charge in [-0.05, 0) is 146 Å². The van der Waals surface area contributed by atoms with E-state index in [0.717, 1.165) is 51.4 Å². The first kappa shape index (κ1) is 40.9. The molecular weight excluding hydrogens is 641 g/mol. The minimum Gasteiger partial charge on any atom is -0.414 e. The molecule has 0 heterocycles. The van der Waals surface area contributed by atoms with Crippen LogP contribution in [0.4, 0.5) is 0 Å². The summed E-state index contributed by atoms with van der Waals surface area (Å²) < 4.78 is 43.2. The van der Waals surface area contributed by atoms with Gasteiger partial charge in [0.2, 0.25) is 0 Å². The van der Waals surface area contributed by atoms with Crippen LogP contribution in [0.5, 0.6) is 0 Å². The van der Waals surface area contributed by atoms with Gasteiger partial charge < -0.3 is 19.1 Å². The molecule has 0 bridgehead atoms. The maximum atomic E-state index is 14.7. The fourth-order valence-electron chi connectivity index (χ4n) is 8.67. The van der Waals surface area contributed by atoms with Crippen molar-refractivity contribution in [3.8, 4) is 0 Å². The SMILES string of the molecule is CC(C)(CCC[C@H]([C@H]1CC[C@H]2[C@@H](O[Si](C)(C)C(C)(C)C)CCC[C@]12C)[C@@H](C[C@@H](O)C(C)(C)O)S(=O)(=O)c1ccccc1)O[Si](C)(C)C. The lowest BCUT2D eigenvalue weighted by Gasteiger charge is -2.51. The minimum absolute atomic E-state index is 0.00133. The molecule has 3 rings (SSSR count). The molecule has 272 valence electrons. The number of hydrogen-bond donors (Lipinski definition) is 2. The Morgan fingerprint density at radius 1 is 0.957 bits per heavy atom. The normalized spacial score (nSPS) is 26.9. The summed E-state index contributed by atoms with van der Waals surface area (Å²) >= 11 is 0. The fraction of sp³-hybridized carbons (Fsp3) is 0.842. The lowest BCUT2D eigenvalue weighted by atomic mass is 9.60. The van der Waals surface area contributed by atoms with Crippen molar-refractivity contribution in [2.45, 2.75) is 185 Å². The van der Waals surface area contributed by atoms with Crippen molar-refractivity contribution in [2.24, 2.45) is 23.2 Å². The number of fused-ring (bicyclic) bond motifs is 1. The van der Waals surface area contributed by atoms with Crippen LogP contribution >= 0.6 is 0 Å². The summed E-state index contributed by atoms with van der Waals surface area (Å²) in [4.78, 5) is 0.294. The first-order valence-corrected chi connectivity index (χ1v) is 26.1. The molecule has 0 spiro atoms. The molecule has 7 atom stereocenters. The van der Waals surface area contributed by atoms with E-state index in [1.54, 1.807) is 38.1 Å². The van der Waals surface area contributed by atoms with E-state index < -0.39 is 43.4 Å². The highest BCUT2D eigenvalue weighted by atomic mass is 32.2. The second kappa shape index (κ2) is 14.6. The lowest BCUT2D eigenvalue weighted by Crippen LogP contribution is -2.51. The van der Waals surface area contributed by atoms with Gasteiger partial charge in [0.15, 0.2) is 26.5 Å². The molecule has 47 heavy (non-hydrogen) atoms. The van der Waals surface area contributed by atoms with E-state index in [0.29, 0.717) is 10.8 Å². The van der Waals surface area contributed by atoms with E-state index in [2.05, 4.69) is 74.3 Å². The average Bonchev–Trinajstić information content (AvgIpc) is 3.25. The molecule has 6 nitrogen and oxygen atoms in total. The standard InChI is InChI=1S/C38H70O6SSi2/c1-35(2,3)47(12,13)43-32-22-18-26-38(8)30(23-24-31(32)38)29(21-17-25-36(4,5)44-46(9,10)11)33(27-34(39)37(6,7)40)45(41,42)28-19-15-14-16-20-28/h14-16,19-20,29-34,39-40H,17-18,21-27H2,1-13H3/t29-,30-,31+,32+,33-,34-,38-/m1/s1. The van der Waals surface area contributed by atoms with Crippen molar-refractivity contribution in [1.29, 1.82) is 0 Å². The molecule has 2 N–H and O–H groups in total. The Hall–Kier alpha value is -0.556. The molecule has 1 aromatic carbocycles. The molecule has 0 saturated heterocycles. The summed E-state index contributed by atoms with van der Waals surface area (Å²) in [5, 5.41) is 21.5. The number of benzene rings is 1. The van der Waals surface area contributed by atoms with Gasteiger partial charge in [-0.1, -0.05) is 58.7 Å². The van der Waals surface area contributed by atoms with Gasteiger partial charge in [-0.15, -0.1) is 0 Å². The maximum Gasteiger partial charge on any atom is 0.192 e. The van der Waals surface area contributed by atoms with Crippen LogP contribution in [0, 0.1) is 23.2 Å². The third kappa shape index (κ3) is 10.0. The zero-order valence-electron chi connectivity index (χ0n) is 32.2. The predicted octanol–water partition coefficient (Wildman–Crippen LogP) is 9.37. The molecule has 0 amide bonds. The maximum absolute atomic E-state index is 14.7. The van der Waals surface area contributed by atoms with Crippen molar-refractivity contribution in [3.05, 3.63) is 30.3 Å². The Kier molecular flexibility index (Phi) is 12.7. The largest absolute Gasteiger partial charge is 0.414 e. The van der Waals surface area contributed by atoms with E-state index >= 15 is 0 Å². The summed E-state index contributed by atoms with van der Waals surface area (Å²) in [7, 11) is -7.61. The van der Waals surface area contributed by atoms with Gasteiger partial charge in [-0.2, -0.15) is 0 Å². The van der Waals surface area contributed by atoms with Crippen LogP contribution in [0.1, 0.15) is 113 Å². The van der Waals surface area contributed by atoms with Gasteiger partial charge >= 0.3 is 0 Å². The van der Waals surface area contributed by atoms with Crippen LogP contribution in [0.25, 0.3) is 0 Å². The van der Waals surface area contributed by atoms with Gasteiger partial charge in [0.05, 0.1) is 27.5 Å². The lowest BCUT2D eigenvalue weighted by molar-refractivity contribution is -0.0583. The monoisotopic (exact) mass is 710 g/mol. The molecule has 2 aliphatic rings. The minimum atomic E-state index is -3.83. The summed E-state index contributed by atoms with van der Waals surface area (Å²) in [6, 6.07) is 8.76. The molecule has 0 aliphatic heterocycles. The molecule has 9 heteroatoms. The van der Waals surface area contributed by atoms with Gasteiger partial charge in [0, 0.05) is 6.10 Å². The van der Waals surface area contributed by atoms with Crippen molar-refractivity contribution < 1.29 is 27.5 Å². The summed E-state index contributed by atoms with van der Waals surface area (Å²) in [5.74, 6) is 0.363. The number of aliphatic hydroxyl groups excluding tert-OH is 1. The second-order valence-corrected chi connectivity index (χ2v) is 30.3. The van der Waals surface area contributed by atoms with Crippen LogP contribution in [-0.4, -0.2) is 63.9 Å². The van der Waals surface area contributed by atoms with Gasteiger partial charge in [-0.25, -0.2) is 8.42 Å². The predicted molar refractivity (Wildman–Crippen MR) is 200 cm³/mol. The first-order valence-electron chi connectivity index (χ1n) is 18.3. The van der Waals surface area contributed by atoms with Crippen molar-refractivity contribution in [1.82, 2.24) is 0 Å². The van der Waals surface area contributed by atoms with E-state index in [1.807, 2.05) is 6.07 Å². The highest BCUT2D eigenvalue weighted by Gasteiger charge is 2.57. The highest BCUT2D eigenvalue weighted by Crippen LogP contribution is 2.61.